The van der Waals surface area contributed by atoms with Gasteiger partial charge in [-0.25, -0.2) is 35.2 Å². The Bertz CT molecular complexity index is 3310. The fourth-order valence-corrected chi connectivity index (χ4v) is 9.13. The molecule has 8 rings (SSSR count). The van der Waals surface area contributed by atoms with Gasteiger partial charge < -0.3 is 15.1 Å². The third-order valence-corrected chi connectivity index (χ3v) is 12.1. The van der Waals surface area contributed by atoms with E-state index in [4.69, 9.17) is 4.98 Å². The van der Waals surface area contributed by atoms with Crippen LogP contribution in [0.1, 0.15) is 42.2 Å². The second-order valence-corrected chi connectivity index (χ2v) is 21.7. The molecule has 0 aliphatic carbocycles. The quantitative estimate of drug-likeness (QED) is 0.0581. The second-order valence-electron chi connectivity index (χ2n) is 16.5. The van der Waals surface area contributed by atoms with Crippen LogP contribution < -0.4 is 14.2 Å². The number of aromatic amines is 2. The molecule has 0 atom stereocenters. The predicted octanol–water partition coefficient (Wildman–Crippen LogP) is 8.37. The molecular weight excluding hydrogens is 883 g/mol. The number of fused-ring (bicyclic) bond motifs is 2. The van der Waals surface area contributed by atoms with Gasteiger partial charge in [0.05, 0.1) is 52.1 Å². The maximum Gasteiger partial charge on any atom is 0.229 e. The SMILES string of the molecule is CC(C)(O)c1ccccc1-c1ccc2nc(CCc3ccc(NS(C)(=O)=O)cc3)[nH]c2c1.CS(=O)(=O)Nc1ccc(CCc2nc3ccc(-c4ccccc4NS(C)(=O)=O)cc3[nH]2)cc1. The number of H-pyrrole nitrogens is 2. The number of benzene rings is 6. The lowest BCUT2D eigenvalue weighted by atomic mass is 9.89. The summed E-state index contributed by atoms with van der Waals surface area (Å²) in [5, 5.41) is 10.5. The molecule has 0 amide bonds. The lowest BCUT2D eigenvalue weighted by Gasteiger charge is -2.21. The van der Waals surface area contributed by atoms with Crippen molar-refractivity contribution >= 4 is 69.2 Å². The molecule has 0 saturated carbocycles. The van der Waals surface area contributed by atoms with Gasteiger partial charge in [-0.3, -0.25) is 14.2 Å². The van der Waals surface area contributed by atoms with Crippen molar-refractivity contribution in [1.29, 1.82) is 0 Å². The highest BCUT2D eigenvalue weighted by Gasteiger charge is 2.21. The van der Waals surface area contributed by atoms with Crippen molar-refractivity contribution in [2.75, 3.05) is 32.9 Å². The first-order chi connectivity index (χ1) is 30.6. The summed E-state index contributed by atoms with van der Waals surface area (Å²) in [6, 6.07) is 41.7. The van der Waals surface area contributed by atoms with Gasteiger partial charge in [0.25, 0.3) is 0 Å². The van der Waals surface area contributed by atoms with E-state index < -0.39 is 35.7 Å². The molecule has 8 aromatic rings. The van der Waals surface area contributed by atoms with E-state index in [-0.39, 0.29) is 0 Å². The lowest BCUT2D eigenvalue weighted by molar-refractivity contribution is 0.0792. The van der Waals surface area contributed by atoms with Gasteiger partial charge in [0.15, 0.2) is 0 Å². The Morgan fingerprint density at radius 2 is 0.923 bits per heavy atom. The standard InChI is InChI=1S/C25H27N3O3S.C23H24N4O4S2/c1-25(2,29)21-7-5-4-6-20(21)18-11-14-22-23(16-18)27-24(26-22)15-10-17-8-12-19(13-9-17)28-32(3,30)31;1-32(28,29)26-18-11-7-16(8-12-18)9-14-23-24-21-13-10-17(15-22(21)25-23)19-5-3-4-6-20(19)27-33(2,30)31/h4-9,11-14,16,28-29H,10,15H2,1-3H3,(H,26,27);3-8,10-13,15,26-27H,9,14H2,1-2H3,(H,24,25). The Kier molecular flexibility index (Phi) is 13.5. The fraction of sp³-hybridized carbons (Fsp3) is 0.208. The molecular formula is C48H51N7O7S3. The first kappa shape index (κ1) is 46.5. The van der Waals surface area contributed by atoms with Gasteiger partial charge >= 0.3 is 0 Å². The van der Waals surface area contributed by atoms with Gasteiger partial charge in [-0.05, 0) is 115 Å². The molecule has 0 radical (unpaired) electrons. The minimum Gasteiger partial charge on any atom is -0.386 e. The molecule has 17 heteroatoms. The Balaban J connectivity index is 0.000000194. The summed E-state index contributed by atoms with van der Waals surface area (Å²) >= 11 is 0. The minimum atomic E-state index is -3.40. The molecule has 14 nitrogen and oxygen atoms in total. The van der Waals surface area contributed by atoms with Crippen LogP contribution in [0.5, 0.6) is 0 Å². The van der Waals surface area contributed by atoms with Crippen LogP contribution in [0.3, 0.4) is 0 Å². The van der Waals surface area contributed by atoms with Crippen molar-refractivity contribution in [2.24, 2.45) is 0 Å². The molecule has 0 bridgehead atoms. The number of sulfonamides is 3. The number of nitrogens with zero attached hydrogens (tertiary/aromatic N) is 2. The van der Waals surface area contributed by atoms with E-state index in [1.165, 1.54) is 0 Å². The van der Waals surface area contributed by atoms with Crippen molar-refractivity contribution in [3.8, 4) is 22.3 Å². The third-order valence-electron chi connectivity index (χ3n) is 10.3. The number of para-hydroxylation sites is 1. The Hall–Kier alpha value is -6.53. The second kappa shape index (κ2) is 18.9. The van der Waals surface area contributed by atoms with Gasteiger partial charge in [-0.1, -0.05) is 78.9 Å². The van der Waals surface area contributed by atoms with Crippen LogP contribution in [-0.2, 0) is 61.4 Å². The number of rotatable bonds is 15. The first-order valence-electron chi connectivity index (χ1n) is 20.6. The average molecular weight is 934 g/mol. The highest BCUT2D eigenvalue weighted by molar-refractivity contribution is 7.92. The van der Waals surface area contributed by atoms with E-state index in [1.54, 1.807) is 50.2 Å². The molecule has 2 aromatic heterocycles. The molecule has 0 saturated heterocycles. The minimum absolute atomic E-state index is 0.521. The molecule has 0 unspecified atom stereocenters. The van der Waals surface area contributed by atoms with Gasteiger partial charge in [-0.2, -0.15) is 0 Å². The predicted molar refractivity (Wildman–Crippen MR) is 261 cm³/mol. The number of aromatic nitrogens is 4. The Morgan fingerprint density at radius 1 is 0.508 bits per heavy atom. The van der Waals surface area contributed by atoms with Crippen LogP contribution in [0, 0.1) is 0 Å². The number of hydrogen-bond acceptors (Lipinski definition) is 9. The van der Waals surface area contributed by atoms with Gasteiger partial charge in [0, 0.05) is 29.8 Å². The number of aryl methyl sites for hydroxylation is 4. The normalized spacial score (nSPS) is 12.2. The topological polar surface area (TPSA) is 216 Å². The summed E-state index contributed by atoms with van der Waals surface area (Å²) in [6.07, 6.45) is 6.34. The van der Waals surface area contributed by atoms with Crippen molar-refractivity contribution in [3.05, 3.63) is 162 Å². The van der Waals surface area contributed by atoms with Gasteiger partial charge in [0.2, 0.25) is 30.1 Å². The average Bonchev–Trinajstić information content (AvgIpc) is 3.84. The molecule has 0 aliphatic rings. The Morgan fingerprint density at radius 3 is 1.37 bits per heavy atom. The van der Waals surface area contributed by atoms with E-state index in [1.807, 2.05) is 91.0 Å². The number of imidazole rings is 2. The number of hydrogen-bond donors (Lipinski definition) is 6. The zero-order valence-corrected chi connectivity index (χ0v) is 39.0. The van der Waals surface area contributed by atoms with Crippen molar-refractivity contribution in [2.45, 2.75) is 45.1 Å². The fourth-order valence-electron chi connectivity index (χ4n) is 7.42. The van der Waals surface area contributed by atoms with E-state index >= 15 is 0 Å². The highest BCUT2D eigenvalue weighted by atomic mass is 32.2. The summed E-state index contributed by atoms with van der Waals surface area (Å²) < 4.78 is 76.2. The summed E-state index contributed by atoms with van der Waals surface area (Å²) in [5.74, 6) is 1.73. The highest BCUT2D eigenvalue weighted by Crippen LogP contribution is 2.33. The van der Waals surface area contributed by atoms with Crippen molar-refractivity contribution < 1.29 is 30.4 Å². The van der Waals surface area contributed by atoms with Crippen LogP contribution in [-0.4, -0.2) is 69.1 Å². The first-order valence-corrected chi connectivity index (χ1v) is 26.3. The largest absolute Gasteiger partial charge is 0.386 e. The molecule has 0 spiro atoms. The zero-order chi connectivity index (χ0) is 46.6. The van der Waals surface area contributed by atoms with Gasteiger partial charge in [-0.15, -0.1) is 0 Å². The van der Waals surface area contributed by atoms with E-state index in [9.17, 15) is 30.4 Å². The van der Waals surface area contributed by atoms with Crippen LogP contribution in [0.2, 0.25) is 0 Å². The summed E-state index contributed by atoms with van der Waals surface area (Å²) in [7, 11) is -9.96. The maximum atomic E-state index is 11.7. The molecule has 0 aliphatic heterocycles. The van der Waals surface area contributed by atoms with Crippen LogP contribution in [0.25, 0.3) is 44.3 Å². The molecule has 6 N–H and O–H groups in total. The summed E-state index contributed by atoms with van der Waals surface area (Å²) in [5.41, 5.74) is 11.0. The van der Waals surface area contributed by atoms with Crippen LogP contribution in [0.4, 0.5) is 17.1 Å². The number of anilines is 3. The maximum absolute atomic E-state index is 11.7. The summed E-state index contributed by atoms with van der Waals surface area (Å²) in [6.45, 7) is 3.59. The van der Waals surface area contributed by atoms with Crippen LogP contribution >= 0.6 is 0 Å². The third kappa shape index (κ3) is 13.0. The van der Waals surface area contributed by atoms with E-state index in [2.05, 4.69) is 35.2 Å². The molecule has 2 heterocycles. The zero-order valence-electron chi connectivity index (χ0n) is 36.5. The monoisotopic (exact) mass is 933 g/mol. The molecule has 338 valence electrons. The van der Waals surface area contributed by atoms with E-state index in [0.29, 0.717) is 23.5 Å². The number of aliphatic hydroxyl groups is 1. The van der Waals surface area contributed by atoms with Crippen molar-refractivity contribution in [3.63, 3.8) is 0 Å². The van der Waals surface area contributed by atoms with Crippen molar-refractivity contribution in [1.82, 2.24) is 19.9 Å². The smallest absolute Gasteiger partial charge is 0.229 e. The van der Waals surface area contributed by atoms with E-state index in [0.717, 1.165) is 111 Å². The molecule has 6 aromatic carbocycles. The Labute approximate surface area is 379 Å². The number of nitrogens with one attached hydrogen (secondary N) is 5. The lowest BCUT2D eigenvalue weighted by Crippen LogP contribution is -2.16. The molecule has 65 heavy (non-hydrogen) atoms. The van der Waals surface area contributed by atoms with Gasteiger partial charge in [0.1, 0.15) is 11.6 Å². The van der Waals surface area contributed by atoms with Crippen LogP contribution in [0.15, 0.2) is 133 Å². The summed E-state index contributed by atoms with van der Waals surface area (Å²) in [4.78, 5) is 16.1. The molecule has 0 fully saturated rings.